The van der Waals surface area contributed by atoms with E-state index in [0.29, 0.717) is 5.56 Å². The molecular formula is C11H8N2O4. The Morgan fingerprint density at radius 1 is 1.29 bits per heavy atom. The number of nitrogens with zero attached hydrogens (tertiary/aromatic N) is 2. The maximum absolute atomic E-state index is 10.9. The fourth-order valence-electron chi connectivity index (χ4n) is 1.35. The molecule has 0 saturated heterocycles. The number of non-ortho nitro benzene ring substituents is 1. The van der Waals surface area contributed by atoms with Gasteiger partial charge < -0.3 is 4.74 Å². The summed E-state index contributed by atoms with van der Waals surface area (Å²) in [7, 11) is 0. The number of carbonyl (C=O) groups excluding carboxylic acids is 1. The van der Waals surface area contributed by atoms with Crippen molar-refractivity contribution >= 4 is 17.8 Å². The second kappa shape index (κ2) is 4.56. The normalized spacial score (nSPS) is 18.6. The predicted octanol–water partition coefficient (Wildman–Crippen LogP) is 1.78. The molecule has 0 radical (unpaired) electrons. The molecular weight excluding hydrogens is 224 g/mol. The number of nitro groups is 1. The third-order valence-electron chi connectivity index (χ3n) is 2.21. The van der Waals surface area contributed by atoms with E-state index in [1.807, 2.05) is 0 Å². The zero-order valence-electron chi connectivity index (χ0n) is 8.65. The van der Waals surface area contributed by atoms with E-state index in [0.717, 1.165) is 0 Å². The molecule has 17 heavy (non-hydrogen) atoms. The quantitative estimate of drug-likeness (QED) is 0.574. The first-order valence-electron chi connectivity index (χ1n) is 4.81. The summed E-state index contributed by atoms with van der Waals surface area (Å²) in [6.45, 7) is 0. The zero-order valence-corrected chi connectivity index (χ0v) is 8.65. The number of carbonyl (C=O) groups is 1. The molecule has 0 saturated carbocycles. The van der Waals surface area contributed by atoms with Gasteiger partial charge in [-0.1, -0.05) is 0 Å². The molecule has 1 amide bonds. The van der Waals surface area contributed by atoms with Crippen LogP contribution in [0.25, 0.3) is 0 Å². The third kappa shape index (κ3) is 2.54. The van der Waals surface area contributed by atoms with Gasteiger partial charge in [0.1, 0.15) is 0 Å². The van der Waals surface area contributed by atoms with E-state index < -0.39 is 16.9 Å². The van der Waals surface area contributed by atoms with Crippen LogP contribution >= 0.6 is 0 Å². The van der Waals surface area contributed by atoms with Crippen LogP contribution < -0.4 is 0 Å². The molecule has 0 aliphatic carbocycles. The molecule has 6 heteroatoms. The van der Waals surface area contributed by atoms with Gasteiger partial charge in [0, 0.05) is 18.2 Å². The largest absolute Gasteiger partial charge is 0.487 e. The predicted molar refractivity (Wildman–Crippen MR) is 59.6 cm³/mol. The number of hydrogen-bond acceptors (Lipinski definition) is 4. The summed E-state index contributed by atoms with van der Waals surface area (Å²) < 4.78 is 5.24. The molecule has 0 N–H and O–H groups in total. The number of amides is 1. The number of hydrogen-bond donors (Lipinski definition) is 0. The van der Waals surface area contributed by atoms with Crippen molar-refractivity contribution in [1.82, 2.24) is 0 Å². The molecule has 6 nitrogen and oxygen atoms in total. The summed E-state index contributed by atoms with van der Waals surface area (Å²) in [4.78, 5) is 24.6. The Morgan fingerprint density at radius 3 is 2.65 bits per heavy atom. The van der Waals surface area contributed by atoms with Crippen LogP contribution in [0, 0.1) is 10.1 Å². The Labute approximate surface area is 96.4 Å². The van der Waals surface area contributed by atoms with Crippen LogP contribution in [0.2, 0.25) is 0 Å². The van der Waals surface area contributed by atoms with Crippen molar-refractivity contribution in [3.8, 4) is 0 Å². The second-order valence-electron chi connectivity index (χ2n) is 3.32. The fraction of sp³-hybridized carbons (Fsp3) is 0.0909. The monoisotopic (exact) mass is 232 g/mol. The topological polar surface area (TPSA) is 81.8 Å². The molecule has 1 aromatic rings. The Morgan fingerprint density at radius 2 is 2.00 bits per heavy atom. The number of benzene rings is 1. The van der Waals surface area contributed by atoms with Gasteiger partial charge in [-0.05, 0) is 17.7 Å². The summed E-state index contributed by atoms with van der Waals surface area (Å²) in [6, 6.07) is 5.89. The second-order valence-corrected chi connectivity index (χ2v) is 3.32. The van der Waals surface area contributed by atoms with Gasteiger partial charge in [-0.3, -0.25) is 14.9 Å². The molecule has 1 aliphatic heterocycles. The first-order valence-corrected chi connectivity index (χ1v) is 4.81. The van der Waals surface area contributed by atoms with Crippen LogP contribution in [0.1, 0.15) is 11.7 Å². The third-order valence-corrected chi connectivity index (χ3v) is 2.21. The Bertz CT molecular complexity index is 505. The Hall–Kier alpha value is -2.50. The van der Waals surface area contributed by atoms with Gasteiger partial charge in [0.15, 0.2) is 6.10 Å². The summed E-state index contributed by atoms with van der Waals surface area (Å²) in [5.41, 5.74) is 0.699. The standard InChI is InChI=1S/C11H8N2O4/c14-11-5-6-17-10(7-12-11)8-1-3-9(4-2-8)13(15)16/h1-7,10H. The van der Waals surface area contributed by atoms with Crippen molar-refractivity contribution in [2.24, 2.45) is 4.99 Å². The number of rotatable bonds is 2. The fourth-order valence-corrected chi connectivity index (χ4v) is 1.35. The lowest BCUT2D eigenvalue weighted by Gasteiger charge is -2.10. The van der Waals surface area contributed by atoms with Gasteiger partial charge in [0.2, 0.25) is 0 Å². The van der Waals surface area contributed by atoms with Gasteiger partial charge >= 0.3 is 0 Å². The minimum atomic E-state index is -0.501. The lowest BCUT2D eigenvalue weighted by molar-refractivity contribution is -0.384. The highest BCUT2D eigenvalue weighted by atomic mass is 16.6. The average Bonchev–Trinajstić information content (AvgIpc) is 2.54. The molecule has 1 unspecified atom stereocenters. The van der Waals surface area contributed by atoms with E-state index in [4.69, 9.17) is 4.74 Å². The van der Waals surface area contributed by atoms with E-state index in [1.165, 1.54) is 30.7 Å². The highest BCUT2D eigenvalue weighted by Gasteiger charge is 2.13. The average molecular weight is 232 g/mol. The summed E-state index contributed by atoms with van der Waals surface area (Å²) in [5.74, 6) is -0.394. The SMILES string of the molecule is O=C1C=COC(c2ccc([N+](=O)[O-])cc2)C=N1. The molecule has 2 rings (SSSR count). The lowest BCUT2D eigenvalue weighted by Crippen LogP contribution is -2.01. The van der Waals surface area contributed by atoms with Crippen LogP contribution in [0.15, 0.2) is 41.6 Å². The van der Waals surface area contributed by atoms with Crippen LogP contribution in [0.5, 0.6) is 0 Å². The van der Waals surface area contributed by atoms with E-state index in [-0.39, 0.29) is 5.69 Å². The van der Waals surface area contributed by atoms with E-state index >= 15 is 0 Å². The van der Waals surface area contributed by atoms with Crippen molar-refractivity contribution in [1.29, 1.82) is 0 Å². The molecule has 0 aromatic heterocycles. The minimum absolute atomic E-state index is 0.00549. The summed E-state index contributed by atoms with van der Waals surface area (Å²) in [5, 5.41) is 10.5. The molecule has 0 spiro atoms. The molecule has 1 aromatic carbocycles. The smallest absolute Gasteiger partial charge is 0.272 e. The van der Waals surface area contributed by atoms with Gasteiger partial charge in [0.25, 0.3) is 11.6 Å². The van der Waals surface area contributed by atoms with Gasteiger partial charge in [0.05, 0.1) is 17.4 Å². The van der Waals surface area contributed by atoms with Crippen molar-refractivity contribution in [2.45, 2.75) is 6.10 Å². The molecule has 1 aliphatic rings. The Balaban J connectivity index is 2.23. The highest BCUT2D eigenvalue weighted by molar-refractivity contribution is 5.94. The van der Waals surface area contributed by atoms with E-state index in [1.54, 1.807) is 12.1 Å². The molecule has 0 bridgehead atoms. The summed E-state index contributed by atoms with van der Waals surface area (Å²) >= 11 is 0. The molecule has 0 fully saturated rings. The molecule has 1 atom stereocenters. The number of aliphatic imine (C=N–C) groups is 1. The Kier molecular flexibility index (Phi) is 2.95. The van der Waals surface area contributed by atoms with Gasteiger partial charge in [-0.25, -0.2) is 4.99 Å². The number of ether oxygens (including phenoxy) is 1. The molecule has 1 heterocycles. The van der Waals surface area contributed by atoms with Crippen molar-refractivity contribution in [3.05, 3.63) is 52.3 Å². The van der Waals surface area contributed by atoms with Crippen LogP contribution in [0.4, 0.5) is 5.69 Å². The van der Waals surface area contributed by atoms with Crippen LogP contribution in [0.3, 0.4) is 0 Å². The first-order chi connectivity index (χ1) is 8.16. The first kappa shape index (κ1) is 11.0. The van der Waals surface area contributed by atoms with E-state index in [2.05, 4.69) is 4.99 Å². The maximum Gasteiger partial charge on any atom is 0.272 e. The highest BCUT2D eigenvalue weighted by Crippen LogP contribution is 2.20. The van der Waals surface area contributed by atoms with Gasteiger partial charge in [-0.15, -0.1) is 0 Å². The van der Waals surface area contributed by atoms with Crippen molar-refractivity contribution in [3.63, 3.8) is 0 Å². The van der Waals surface area contributed by atoms with Crippen molar-refractivity contribution in [2.75, 3.05) is 0 Å². The van der Waals surface area contributed by atoms with Gasteiger partial charge in [-0.2, -0.15) is 0 Å². The van der Waals surface area contributed by atoms with E-state index in [9.17, 15) is 14.9 Å². The lowest BCUT2D eigenvalue weighted by atomic mass is 10.1. The summed E-state index contributed by atoms with van der Waals surface area (Å²) in [6.07, 6.45) is 3.34. The zero-order chi connectivity index (χ0) is 12.3. The molecule has 86 valence electrons. The van der Waals surface area contributed by atoms with Crippen LogP contribution in [-0.2, 0) is 9.53 Å². The maximum atomic E-state index is 10.9. The minimum Gasteiger partial charge on any atom is -0.487 e. The van der Waals surface area contributed by atoms with Crippen molar-refractivity contribution < 1.29 is 14.5 Å². The van der Waals surface area contributed by atoms with Crippen LogP contribution in [-0.4, -0.2) is 17.0 Å². The number of nitro benzene ring substituents is 1.